The van der Waals surface area contributed by atoms with Gasteiger partial charge in [-0.05, 0) is 68.5 Å². The Morgan fingerprint density at radius 1 is 0.923 bits per heavy atom. The van der Waals surface area contributed by atoms with Crippen molar-refractivity contribution in [3.8, 4) is 17.2 Å². The highest BCUT2D eigenvalue weighted by atomic mass is 16.6. The maximum atomic E-state index is 13.8. The van der Waals surface area contributed by atoms with E-state index in [1.807, 2.05) is 63.2 Å². The topological polar surface area (TPSA) is 92.7 Å². The number of hydrogen-bond acceptors (Lipinski definition) is 8. The predicted molar refractivity (Wildman–Crippen MR) is 148 cm³/mol. The van der Waals surface area contributed by atoms with Gasteiger partial charge >= 0.3 is 5.97 Å². The van der Waals surface area contributed by atoms with E-state index < -0.39 is 17.8 Å². The first-order valence-corrected chi connectivity index (χ1v) is 13.4. The standard InChI is InChI=1S/C31H37NO7/c1-6-37-14-15-39-31(34)28-19(3)32-24-16-22(21-10-13-26(35-4)27(18-21)36-5)17-25(33)30(24)29(28)20-8-11-23(12-9-20)38-7-2/h8-13,18,22,28-29H,6-7,14-17H2,1-5H3/t22-,28?,29+/m1/s1. The monoisotopic (exact) mass is 535 g/mol. The summed E-state index contributed by atoms with van der Waals surface area (Å²) in [6.07, 6.45) is 0.885. The van der Waals surface area contributed by atoms with Crippen LogP contribution in [0.2, 0.25) is 0 Å². The lowest BCUT2D eigenvalue weighted by atomic mass is 9.69. The average Bonchev–Trinajstić information content (AvgIpc) is 2.94. The molecule has 0 amide bonds. The molecule has 2 aromatic carbocycles. The third kappa shape index (κ3) is 6.17. The number of benzene rings is 2. The molecule has 0 fully saturated rings. The molecule has 4 rings (SSSR count). The van der Waals surface area contributed by atoms with Crippen molar-refractivity contribution in [1.82, 2.24) is 0 Å². The fraction of sp³-hybridized carbons (Fsp3) is 0.452. The molecule has 1 aliphatic carbocycles. The van der Waals surface area contributed by atoms with E-state index in [2.05, 4.69) is 0 Å². The van der Waals surface area contributed by atoms with Crippen LogP contribution < -0.4 is 14.2 Å². The minimum atomic E-state index is -0.704. The minimum absolute atomic E-state index is 0.0155. The van der Waals surface area contributed by atoms with Crippen LogP contribution in [0.15, 0.2) is 58.7 Å². The maximum Gasteiger partial charge on any atom is 0.315 e. The van der Waals surface area contributed by atoms with Gasteiger partial charge in [-0.15, -0.1) is 0 Å². The summed E-state index contributed by atoms with van der Waals surface area (Å²) in [5.41, 5.74) is 3.78. The Bertz CT molecular complexity index is 1250. The third-order valence-corrected chi connectivity index (χ3v) is 7.25. The van der Waals surface area contributed by atoms with E-state index in [1.54, 1.807) is 14.2 Å². The van der Waals surface area contributed by atoms with Gasteiger partial charge in [0.15, 0.2) is 17.3 Å². The van der Waals surface area contributed by atoms with Crippen LogP contribution in [0.4, 0.5) is 0 Å². The number of ether oxygens (including phenoxy) is 5. The Hall–Kier alpha value is -3.65. The van der Waals surface area contributed by atoms with Gasteiger partial charge in [0, 0.05) is 35.9 Å². The molecule has 208 valence electrons. The number of nitrogens with zero attached hydrogens (tertiary/aromatic N) is 1. The normalized spacial score (nSPS) is 20.7. The van der Waals surface area contributed by atoms with E-state index in [0.29, 0.717) is 55.4 Å². The van der Waals surface area contributed by atoms with Gasteiger partial charge in [0.05, 0.1) is 27.4 Å². The van der Waals surface area contributed by atoms with Crippen LogP contribution >= 0.6 is 0 Å². The molecular weight excluding hydrogens is 498 g/mol. The van der Waals surface area contributed by atoms with Crippen molar-refractivity contribution >= 4 is 17.5 Å². The Kier molecular flexibility index (Phi) is 9.41. The SMILES string of the molecule is CCOCCOC(=O)C1C(C)=NC2=C(C(=O)C[C@H](c3ccc(OC)c(OC)c3)C2)[C@H]1c1ccc(OCC)cc1. The molecule has 0 N–H and O–H groups in total. The summed E-state index contributed by atoms with van der Waals surface area (Å²) >= 11 is 0. The molecule has 1 aliphatic heterocycles. The summed E-state index contributed by atoms with van der Waals surface area (Å²) in [6, 6.07) is 13.3. The summed E-state index contributed by atoms with van der Waals surface area (Å²) in [4.78, 5) is 32.1. The lowest BCUT2D eigenvalue weighted by molar-refractivity contribution is -0.148. The zero-order chi connectivity index (χ0) is 27.9. The number of methoxy groups -OCH3 is 2. The fourth-order valence-electron chi connectivity index (χ4n) is 5.44. The largest absolute Gasteiger partial charge is 0.494 e. The van der Waals surface area contributed by atoms with E-state index in [4.69, 9.17) is 28.7 Å². The first kappa shape index (κ1) is 28.4. The molecule has 39 heavy (non-hydrogen) atoms. The van der Waals surface area contributed by atoms with Crippen LogP contribution in [0.1, 0.15) is 56.6 Å². The van der Waals surface area contributed by atoms with Crippen LogP contribution in [0.5, 0.6) is 17.2 Å². The third-order valence-electron chi connectivity index (χ3n) is 7.25. The van der Waals surface area contributed by atoms with Crippen LogP contribution in [0.25, 0.3) is 0 Å². The van der Waals surface area contributed by atoms with E-state index >= 15 is 0 Å². The first-order chi connectivity index (χ1) is 18.9. The Balaban J connectivity index is 1.71. The molecule has 1 heterocycles. The molecule has 3 atom stereocenters. The molecule has 0 bridgehead atoms. The van der Waals surface area contributed by atoms with Crippen molar-refractivity contribution in [2.75, 3.05) is 40.6 Å². The van der Waals surface area contributed by atoms with Crippen molar-refractivity contribution in [1.29, 1.82) is 0 Å². The lowest BCUT2D eigenvalue weighted by Gasteiger charge is -2.36. The zero-order valence-electron chi connectivity index (χ0n) is 23.3. The number of rotatable bonds is 11. The van der Waals surface area contributed by atoms with E-state index in [1.165, 1.54) is 0 Å². The molecule has 0 spiro atoms. The number of carbonyl (C=O) groups is 2. The van der Waals surface area contributed by atoms with Gasteiger partial charge in [0.1, 0.15) is 18.3 Å². The maximum absolute atomic E-state index is 13.8. The van der Waals surface area contributed by atoms with Gasteiger partial charge in [0.25, 0.3) is 0 Å². The predicted octanol–water partition coefficient (Wildman–Crippen LogP) is 5.26. The second-order valence-corrected chi connectivity index (χ2v) is 9.58. The van der Waals surface area contributed by atoms with Gasteiger partial charge < -0.3 is 23.7 Å². The smallest absolute Gasteiger partial charge is 0.315 e. The zero-order valence-corrected chi connectivity index (χ0v) is 23.3. The quantitative estimate of drug-likeness (QED) is 0.286. The summed E-state index contributed by atoms with van der Waals surface area (Å²) in [6.45, 7) is 7.21. The highest BCUT2D eigenvalue weighted by Gasteiger charge is 2.44. The Morgan fingerprint density at radius 2 is 1.64 bits per heavy atom. The number of hydrogen-bond donors (Lipinski definition) is 0. The number of aliphatic imine (C=N–C) groups is 1. The Labute approximate surface area is 230 Å². The molecule has 2 aromatic rings. The molecule has 0 saturated heterocycles. The lowest BCUT2D eigenvalue weighted by Crippen LogP contribution is -2.38. The number of allylic oxidation sites excluding steroid dienone is 2. The molecule has 8 nitrogen and oxygen atoms in total. The van der Waals surface area contributed by atoms with Crippen molar-refractivity contribution in [3.63, 3.8) is 0 Å². The van der Waals surface area contributed by atoms with Gasteiger partial charge in [-0.1, -0.05) is 18.2 Å². The molecule has 0 saturated carbocycles. The summed E-state index contributed by atoms with van der Waals surface area (Å²) in [5, 5.41) is 0. The summed E-state index contributed by atoms with van der Waals surface area (Å²) in [5.74, 6) is 0.300. The van der Waals surface area contributed by atoms with Crippen LogP contribution in [0.3, 0.4) is 0 Å². The molecule has 2 aliphatic rings. The number of esters is 1. The van der Waals surface area contributed by atoms with Crippen LogP contribution in [-0.4, -0.2) is 58.1 Å². The van der Waals surface area contributed by atoms with E-state index in [0.717, 1.165) is 22.6 Å². The molecular formula is C31H37NO7. The average molecular weight is 536 g/mol. The second-order valence-electron chi connectivity index (χ2n) is 9.58. The van der Waals surface area contributed by atoms with Crippen molar-refractivity contribution in [2.24, 2.45) is 10.9 Å². The molecule has 8 heteroatoms. The van der Waals surface area contributed by atoms with E-state index in [-0.39, 0.29) is 18.3 Å². The molecule has 0 radical (unpaired) electrons. The summed E-state index contributed by atoms with van der Waals surface area (Å²) in [7, 11) is 3.19. The van der Waals surface area contributed by atoms with Crippen LogP contribution in [-0.2, 0) is 19.1 Å². The van der Waals surface area contributed by atoms with Gasteiger partial charge in [0.2, 0.25) is 0 Å². The van der Waals surface area contributed by atoms with Crippen molar-refractivity contribution < 1.29 is 33.3 Å². The highest BCUT2D eigenvalue weighted by molar-refractivity contribution is 6.09. The summed E-state index contributed by atoms with van der Waals surface area (Å²) < 4.78 is 27.4. The first-order valence-electron chi connectivity index (χ1n) is 13.4. The van der Waals surface area contributed by atoms with E-state index in [9.17, 15) is 9.59 Å². The number of carbonyl (C=O) groups excluding carboxylic acids is 2. The fourth-order valence-corrected chi connectivity index (χ4v) is 5.44. The van der Waals surface area contributed by atoms with Crippen molar-refractivity contribution in [2.45, 2.75) is 45.4 Å². The number of Topliss-reactive ketones (excluding diaryl/α,β-unsaturated/α-hetero) is 1. The molecule has 0 aromatic heterocycles. The second kappa shape index (κ2) is 12.9. The number of ketones is 1. The van der Waals surface area contributed by atoms with Crippen LogP contribution in [0, 0.1) is 5.92 Å². The highest BCUT2D eigenvalue weighted by Crippen LogP contribution is 2.47. The van der Waals surface area contributed by atoms with Gasteiger partial charge in [-0.25, -0.2) is 0 Å². The molecule has 1 unspecified atom stereocenters. The Morgan fingerprint density at radius 3 is 2.31 bits per heavy atom. The minimum Gasteiger partial charge on any atom is -0.494 e. The van der Waals surface area contributed by atoms with Gasteiger partial charge in [-0.3, -0.25) is 14.6 Å². The van der Waals surface area contributed by atoms with Crippen molar-refractivity contribution in [3.05, 3.63) is 64.9 Å². The van der Waals surface area contributed by atoms with Gasteiger partial charge in [-0.2, -0.15) is 0 Å².